The number of hydrogen-bond donors (Lipinski definition) is 0. The van der Waals surface area contributed by atoms with Crippen LogP contribution in [0, 0.1) is 5.41 Å². The molecule has 0 aromatic rings. The Morgan fingerprint density at radius 2 is 2.00 bits per heavy atom. The summed E-state index contributed by atoms with van der Waals surface area (Å²) in [5.74, 6) is -0.730. The maximum Gasteiger partial charge on any atom is 0.333 e. The lowest BCUT2D eigenvalue weighted by molar-refractivity contribution is -0.242. The second-order valence-electron chi connectivity index (χ2n) is 4.60. The van der Waals surface area contributed by atoms with Crippen LogP contribution in [0.1, 0.15) is 27.7 Å². The molecule has 0 aromatic heterocycles. The van der Waals surface area contributed by atoms with E-state index in [1.807, 2.05) is 0 Å². The van der Waals surface area contributed by atoms with Gasteiger partial charge < -0.3 is 9.47 Å². The summed E-state index contributed by atoms with van der Waals surface area (Å²) >= 11 is 0. The summed E-state index contributed by atoms with van der Waals surface area (Å²) in [5.41, 5.74) is -1.00. The van der Waals surface area contributed by atoms with E-state index in [4.69, 9.17) is 9.47 Å². The Kier molecular flexibility index (Phi) is 2.63. The number of hydrogen-bond acceptors (Lipinski definition) is 4. The van der Waals surface area contributed by atoms with E-state index in [-0.39, 0.29) is 12.6 Å². The molecule has 1 heterocycles. The molecule has 4 heteroatoms. The summed E-state index contributed by atoms with van der Waals surface area (Å²) < 4.78 is 10.0. The molecule has 0 saturated carbocycles. The summed E-state index contributed by atoms with van der Waals surface area (Å²) in [5, 5.41) is 0. The second kappa shape index (κ2) is 3.36. The van der Waals surface area contributed by atoms with Crippen LogP contribution in [0.2, 0.25) is 0 Å². The van der Waals surface area contributed by atoms with Gasteiger partial charge in [0.2, 0.25) is 0 Å². The number of rotatable bonds is 3. The van der Waals surface area contributed by atoms with Crippen molar-refractivity contribution in [2.24, 2.45) is 5.41 Å². The first-order chi connectivity index (χ1) is 6.71. The molecule has 0 aliphatic carbocycles. The minimum absolute atomic E-state index is 0.0669. The van der Waals surface area contributed by atoms with Gasteiger partial charge in [-0.1, -0.05) is 6.58 Å². The zero-order valence-corrected chi connectivity index (χ0v) is 9.55. The fourth-order valence-electron chi connectivity index (χ4n) is 1.17. The minimum atomic E-state index is -0.727. The summed E-state index contributed by atoms with van der Waals surface area (Å²) in [6.45, 7) is 10.4. The number of esters is 2. The van der Waals surface area contributed by atoms with Crippen LogP contribution in [0.25, 0.3) is 0 Å². The molecule has 1 saturated heterocycles. The predicted molar refractivity (Wildman–Crippen MR) is 54.1 cm³/mol. The number of carbonyl (C=O) groups excluding carboxylic acids is 2. The molecule has 1 rings (SSSR count). The topological polar surface area (TPSA) is 52.6 Å². The van der Waals surface area contributed by atoms with Gasteiger partial charge in [-0.15, -0.1) is 0 Å². The maximum atomic E-state index is 11.2. The first-order valence-corrected chi connectivity index (χ1v) is 4.77. The van der Waals surface area contributed by atoms with Crippen molar-refractivity contribution < 1.29 is 19.1 Å². The van der Waals surface area contributed by atoms with Crippen LogP contribution < -0.4 is 0 Å². The van der Waals surface area contributed by atoms with Gasteiger partial charge in [-0.3, -0.25) is 4.79 Å². The van der Waals surface area contributed by atoms with Crippen molar-refractivity contribution in [3.63, 3.8) is 0 Å². The fraction of sp³-hybridized carbons (Fsp3) is 0.636. The SMILES string of the molecule is C=C(C)C(=O)OCC1(C)OC(=O)C1(C)C. The van der Waals surface area contributed by atoms with Crippen molar-refractivity contribution in [2.75, 3.05) is 6.61 Å². The van der Waals surface area contributed by atoms with Crippen molar-refractivity contribution in [3.8, 4) is 0 Å². The molecule has 1 unspecified atom stereocenters. The van der Waals surface area contributed by atoms with Gasteiger partial charge in [0.15, 0.2) is 5.60 Å². The first-order valence-electron chi connectivity index (χ1n) is 4.77. The van der Waals surface area contributed by atoms with E-state index in [9.17, 15) is 9.59 Å². The third-order valence-electron chi connectivity index (χ3n) is 2.98. The minimum Gasteiger partial charge on any atom is -0.458 e. The molecule has 0 aromatic carbocycles. The molecule has 1 atom stereocenters. The molecule has 0 N–H and O–H groups in total. The van der Waals surface area contributed by atoms with Gasteiger partial charge in [-0.05, 0) is 27.7 Å². The Hall–Kier alpha value is -1.32. The number of ether oxygens (including phenoxy) is 2. The summed E-state index contributed by atoms with van der Waals surface area (Å²) in [6.07, 6.45) is 0. The lowest BCUT2D eigenvalue weighted by Gasteiger charge is -2.50. The third-order valence-corrected chi connectivity index (χ3v) is 2.98. The third kappa shape index (κ3) is 1.76. The van der Waals surface area contributed by atoms with Crippen LogP contribution in [0.15, 0.2) is 12.2 Å². The Labute approximate surface area is 89.2 Å². The molecule has 84 valence electrons. The maximum absolute atomic E-state index is 11.2. The average molecular weight is 212 g/mol. The predicted octanol–water partition coefficient (Wildman–Crippen LogP) is 1.45. The highest BCUT2D eigenvalue weighted by molar-refractivity contribution is 5.87. The summed E-state index contributed by atoms with van der Waals surface area (Å²) in [6, 6.07) is 0. The first kappa shape index (κ1) is 11.8. The summed E-state index contributed by atoms with van der Waals surface area (Å²) in [7, 11) is 0. The highest BCUT2D eigenvalue weighted by atomic mass is 16.6. The van der Waals surface area contributed by atoms with Crippen molar-refractivity contribution in [3.05, 3.63) is 12.2 Å². The van der Waals surface area contributed by atoms with Gasteiger partial charge in [0.25, 0.3) is 0 Å². The van der Waals surface area contributed by atoms with Crippen LogP contribution in [-0.2, 0) is 19.1 Å². The number of cyclic esters (lactones) is 1. The van der Waals surface area contributed by atoms with Gasteiger partial charge in [0.05, 0.1) is 0 Å². The van der Waals surface area contributed by atoms with Crippen molar-refractivity contribution in [2.45, 2.75) is 33.3 Å². The highest BCUT2D eigenvalue weighted by Gasteiger charge is 2.61. The molecule has 1 aliphatic rings. The van der Waals surface area contributed by atoms with Crippen molar-refractivity contribution in [1.29, 1.82) is 0 Å². The molecule has 1 fully saturated rings. The van der Waals surface area contributed by atoms with E-state index >= 15 is 0 Å². The summed E-state index contributed by atoms with van der Waals surface area (Å²) in [4.78, 5) is 22.3. The Morgan fingerprint density at radius 3 is 2.33 bits per heavy atom. The zero-order chi connectivity index (χ0) is 11.9. The molecule has 0 amide bonds. The average Bonchev–Trinajstić information content (AvgIpc) is 2.14. The van der Waals surface area contributed by atoms with E-state index in [0.717, 1.165) is 0 Å². The van der Waals surface area contributed by atoms with Crippen molar-refractivity contribution >= 4 is 11.9 Å². The molecular weight excluding hydrogens is 196 g/mol. The van der Waals surface area contributed by atoms with E-state index < -0.39 is 17.0 Å². The van der Waals surface area contributed by atoms with E-state index in [1.165, 1.54) is 0 Å². The lowest BCUT2D eigenvalue weighted by atomic mass is 9.71. The van der Waals surface area contributed by atoms with Crippen LogP contribution in [0.4, 0.5) is 0 Å². The largest absolute Gasteiger partial charge is 0.458 e. The van der Waals surface area contributed by atoms with Gasteiger partial charge in [0, 0.05) is 5.57 Å². The molecule has 4 nitrogen and oxygen atoms in total. The standard InChI is InChI=1S/C11H16O4/c1-7(2)8(12)14-6-11(5)10(3,4)9(13)15-11/h1,6H2,2-5H3. The molecule has 0 radical (unpaired) electrons. The van der Waals surface area contributed by atoms with Gasteiger partial charge in [-0.25, -0.2) is 4.79 Å². The molecule has 15 heavy (non-hydrogen) atoms. The van der Waals surface area contributed by atoms with Crippen LogP contribution in [-0.4, -0.2) is 24.1 Å². The molecular formula is C11H16O4. The molecule has 1 aliphatic heterocycles. The number of carbonyl (C=O) groups is 2. The lowest BCUT2D eigenvalue weighted by Crippen LogP contribution is -2.64. The smallest absolute Gasteiger partial charge is 0.333 e. The highest BCUT2D eigenvalue weighted by Crippen LogP contribution is 2.45. The zero-order valence-electron chi connectivity index (χ0n) is 9.55. The Bertz CT molecular complexity index is 329. The van der Waals surface area contributed by atoms with E-state index in [0.29, 0.717) is 5.57 Å². The van der Waals surface area contributed by atoms with Gasteiger partial charge in [0.1, 0.15) is 12.0 Å². The van der Waals surface area contributed by atoms with Crippen LogP contribution >= 0.6 is 0 Å². The van der Waals surface area contributed by atoms with E-state index in [2.05, 4.69) is 6.58 Å². The fourth-order valence-corrected chi connectivity index (χ4v) is 1.17. The molecule has 0 spiro atoms. The monoisotopic (exact) mass is 212 g/mol. The van der Waals surface area contributed by atoms with E-state index in [1.54, 1.807) is 27.7 Å². The van der Waals surface area contributed by atoms with Crippen molar-refractivity contribution in [1.82, 2.24) is 0 Å². The Balaban J connectivity index is 2.57. The van der Waals surface area contributed by atoms with Crippen LogP contribution in [0.5, 0.6) is 0 Å². The Morgan fingerprint density at radius 1 is 1.47 bits per heavy atom. The molecule has 0 bridgehead atoms. The van der Waals surface area contributed by atoms with Crippen LogP contribution in [0.3, 0.4) is 0 Å². The second-order valence-corrected chi connectivity index (χ2v) is 4.60. The van der Waals surface area contributed by atoms with Gasteiger partial charge in [-0.2, -0.15) is 0 Å². The normalized spacial score (nSPS) is 27.6. The quantitative estimate of drug-likeness (QED) is 0.525. The van der Waals surface area contributed by atoms with Gasteiger partial charge >= 0.3 is 11.9 Å².